The van der Waals surface area contributed by atoms with E-state index in [-0.39, 0.29) is 0 Å². The maximum Gasteiger partial charge on any atom is 0.315 e. The highest BCUT2D eigenvalue weighted by Crippen LogP contribution is 2.09. The molecule has 0 heterocycles. The number of aliphatic hydroxyl groups excluding tert-OH is 1. The van der Waals surface area contributed by atoms with E-state index in [0.29, 0.717) is 29.2 Å². The first-order chi connectivity index (χ1) is 13.3. The van der Waals surface area contributed by atoms with Crippen molar-refractivity contribution < 1.29 is 14.7 Å². The number of allylic oxidation sites excluding steroid dienone is 3. The van der Waals surface area contributed by atoms with Crippen LogP contribution < -0.4 is 21.3 Å². The smallest absolute Gasteiger partial charge is 0.315 e. The third-order valence-electron chi connectivity index (χ3n) is 3.74. The second kappa shape index (κ2) is 11.4. The monoisotopic (exact) mass is 384 g/mol. The molecular formula is C21H28N4O3. The third kappa shape index (κ3) is 7.51. The lowest BCUT2D eigenvalue weighted by Gasteiger charge is -2.20. The molecule has 3 amide bonds. The molecule has 5 N–H and O–H groups in total. The molecule has 0 spiro atoms. The third-order valence-corrected chi connectivity index (χ3v) is 3.74. The molecular weight excluding hydrogens is 356 g/mol. The highest BCUT2D eigenvalue weighted by molar-refractivity contribution is 5.88. The van der Waals surface area contributed by atoms with Crippen LogP contribution in [-0.2, 0) is 11.3 Å². The Morgan fingerprint density at radius 2 is 1.79 bits per heavy atom. The molecule has 1 aromatic rings. The lowest BCUT2D eigenvalue weighted by Crippen LogP contribution is -2.51. The van der Waals surface area contributed by atoms with E-state index in [1.165, 1.54) is 6.08 Å². The first-order valence-corrected chi connectivity index (χ1v) is 8.73. The van der Waals surface area contributed by atoms with Gasteiger partial charge in [-0.1, -0.05) is 50.1 Å². The Hall–Kier alpha value is -3.32. The van der Waals surface area contributed by atoms with Gasteiger partial charge in [0.2, 0.25) is 5.91 Å². The van der Waals surface area contributed by atoms with Gasteiger partial charge in [-0.05, 0) is 31.1 Å². The van der Waals surface area contributed by atoms with Gasteiger partial charge >= 0.3 is 6.03 Å². The Bertz CT molecular complexity index is 769. The molecule has 1 aromatic carbocycles. The van der Waals surface area contributed by atoms with Gasteiger partial charge in [-0.25, -0.2) is 4.79 Å². The van der Waals surface area contributed by atoms with Gasteiger partial charge in [0.15, 0.2) is 0 Å². The normalized spacial score (nSPS) is 12.1. The van der Waals surface area contributed by atoms with Gasteiger partial charge in [-0.2, -0.15) is 0 Å². The number of nitrogens with one attached hydrogen (secondary N) is 4. The van der Waals surface area contributed by atoms with Crippen molar-refractivity contribution in [3.63, 3.8) is 0 Å². The van der Waals surface area contributed by atoms with Crippen molar-refractivity contribution in [2.45, 2.75) is 26.4 Å². The summed E-state index contributed by atoms with van der Waals surface area (Å²) in [4.78, 5) is 24.5. The van der Waals surface area contributed by atoms with Crippen LogP contribution in [0, 0.1) is 0 Å². The van der Waals surface area contributed by atoms with Crippen LogP contribution in [0.4, 0.5) is 4.79 Å². The Kier molecular flexibility index (Phi) is 9.25. The molecule has 1 rings (SSSR count). The predicted molar refractivity (Wildman–Crippen MR) is 111 cm³/mol. The number of amides is 3. The van der Waals surface area contributed by atoms with Crippen LogP contribution in [0.2, 0.25) is 0 Å². The molecule has 0 saturated heterocycles. The molecule has 0 aliphatic carbocycles. The minimum Gasteiger partial charge on any atom is -0.394 e. The summed E-state index contributed by atoms with van der Waals surface area (Å²) in [6.07, 6.45) is 1.54. The summed E-state index contributed by atoms with van der Waals surface area (Å²) in [6, 6.07) is 7.66. The molecule has 0 radical (unpaired) electrons. The second-order valence-corrected chi connectivity index (χ2v) is 6.17. The van der Waals surface area contributed by atoms with Crippen LogP contribution in [-0.4, -0.2) is 29.7 Å². The van der Waals surface area contributed by atoms with E-state index in [0.717, 1.165) is 5.56 Å². The van der Waals surface area contributed by atoms with Crippen LogP contribution in [0.3, 0.4) is 0 Å². The van der Waals surface area contributed by atoms with Gasteiger partial charge in [0.25, 0.3) is 0 Å². The van der Waals surface area contributed by atoms with E-state index < -0.39 is 24.6 Å². The number of carbonyl (C=O) groups is 2. The highest BCUT2D eigenvalue weighted by Gasteiger charge is 2.21. The summed E-state index contributed by atoms with van der Waals surface area (Å²) in [6.45, 7) is 14.4. The van der Waals surface area contributed by atoms with Gasteiger partial charge in [0, 0.05) is 17.9 Å². The number of carbonyl (C=O) groups excluding carboxylic acids is 2. The quantitative estimate of drug-likeness (QED) is 0.399. The average Bonchev–Trinajstić information content (AvgIpc) is 2.68. The molecule has 1 atom stereocenters. The van der Waals surface area contributed by atoms with Crippen molar-refractivity contribution in [2.24, 2.45) is 0 Å². The fourth-order valence-electron chi connectivity index (χ4n) is 2.27. The number of rotatable bonds is 10. The SMILES string of the molecule is C=CC(=C)N/C(C)=C(/NC(=O)[C@H](CO)NC(=O)NCc1ccccc1)C(=C)C. The van der Waals surface area contributed by atoms with E-state index in [1.807, 2.05) is 30.3 Å². The van der Waals surface area contributed by atoms with Crippen LogP contribution >= 0.6 is 0 Å². The van der Waals surface area contributed by atoms with E-state index in [9.17, 15) is 14.7 Å². The Balaban J connectivity index is 2.73. The molecule has 0 aliphatic heterocycles. The summed E-state index contributed by atoms with van der Waals surface area (Å²) in [7, 11) is 0. The molecule has 7 nitrogen and oxygen atoms in total. The number of urea groups is 1. The molecule has 0 aliphatic rings. The first-order valence-electron chi connectivity index (χ1n) is 8.73. The number of hydrogen-bond donors (Lipinski definition) is 5. The minimum atomic E-state index is -1.12. The zero-order valence-corrected chi connectivity index (χ0v) is 16.3. The van der Waals surface area contributed by atoms with Crippen LogP contribution in [0.25, 0.3) is 0 Å². The lowest BCUT2D eigenvalue weighted by molar-refractivity contribution is -0.123. The topological polar surface area (TPSA) is 102 Å². The number of aliphatic hydroxyl groups is 1. The summed E-state index contributed by atoms with van der Waals surface area (Å²) in [5, 5.41) is 20.3. The fourth-order valence-corrected chi connectivity index (χ4v) is 2.27. The Morgan fingerprint density at radius 3 is 2.32 bits per heavy atom. The number of benzene rings is 1. The maximum absolute atomic E-state index is 12.5. The Labute approximate surface area is 165 Å². The average molecular weight is 384 g/mol. The van der Waals surface area contributed by atoms with Crippen LogP contribution in [0.1, 0.15) is 19.4 Å². The van der Waals surface area contributed by atoms with Crippen LogP contribution in [0.5, 0.6) is 0 Å². The van der Waals surface area contributed by atoms with Gasteiger partial charge in [0.05, 0.1) is 12.3 Å². The lowest BCUT2D eigenvalue weighted by atomic mass is 10.1. The summed E-state index contributed by atoms with van der Waals surface area (Å²) in [5.41, 5.74) is 3.12. The maximum atomic E-state index is 12.5. The minimum absolute atomic E-state index is 0.302. The molecule has 0 bridgehead atoms. The van der Waals surface area contributed by atoms with Crippen molar-refractivity contribution in [1.29, 1.82) is 0 Å². The van der Waals surface area contributed by atoms with Crippen molar-refractivity contribution >= 4 is 11.9 Å². The molecule has 150 valence electrons. The predicted octanol–water partition coefficient (Wildman–Crippen LogP) is 2.06. The van der Waals surface area contributed by atoms with E-state index in [2.05, 4.69) is 41.0 Å². The fraction of sp³-hybridized carbons (Fsp3) is 0.238. The summed E-state index contributed by atoms with van der Waals surface area (Å²) in [5.74, 6) is -0.569. The molecule has 7 heteroatoms. The standard InChI is InChI=1S/C21H28N4O3/c1-6-15(4)23-16(5)19(14(2)3)25-20(27)18(13-26)24-21(28)22-12-17-10-8-7-9-11-17/h6-11,18,23,26H,1-2,4,12-13H2,3,5H3,(H,25,27)(H2,22,24,28)/b19-16+/t18-/m0/s1. The van der Waals surface area contributed by atoms with E-state index >= 15 is 0 Å². The van der Waals surface area contributed by atoms with Gasteiger partial charge in [-0.3, -0.25) is 4.79 Å². The van der Waals surface area contributed by atoms with E-state index in [1.54, 1.807) is 13.8 Å². The van der Waals surface area contributed by atoms with Gasteiger partial charge in [-0.15, -0.1) is 0 Å². The molecule has 0 unspecified atom stereocenters. The van der Waals surface area contributed by atoms with Crippen molar-refractivity contribution in [3.05, 3.63) is 84.4 Å². The van der Waals surface area contributed by atoms with Crippen molar-refractivity contribution in [1.82, 2.24) is 21.3 Å². The largest absolute Gasteiger partial charge is 0.394 e. The van der Waals surface area contributed by atoms with Crippen molar-refractivity contribution in [3.8, 4) is 0 Å². The molecule has 0 saturated carbocycles. The zero-order chi connectivity index (χ0) is 21.1. The summed E-state index contributed by atoms with van der Waals surface area (Å²) >= 11 is 0. The van der Waals surface area contributed by atoms with Crippen molar-refractivity contribution in [2.75, 3.05) is 6.61 Å². The van der Waals surface area contributed by atoms with E-state index in [4.69, 9.17) is 0 Å². The highest BCUT2D eigenvalue weighted by atomic mass is 16.3. The molecule has 28 heavy (non-hydrogen) atoms. The van der Waals surface area contributed by atoms with Crippen LogP contribution in [0.15, 0.2) is 78.8 Å². The molecule has 0 fully saturated rings. The van der Waals surface area contributed by atoms with Gasteiger partial charge in [0.1, 0.15) is 6.04 Å². The summed E-state index contributed by atoms with van der Waals surface area (Å²) < 4.78 is 0. The number of hydrogen-bond acceptors (Lipinski definition) is 4. The second-order valence-electron chi connectivity index (χ2n) is 6.17. The first kappa shape index (κ1) is 22.7. The van der Waals surface area contributed by atoms with Gasteiger partial charge < -0.3 is 26.4 Å². The zero-order valence-electron chi connectivity index (χ0n) is 16.3. The Morgan fingerprint density at radius 1 is 1.14 bits per heavy atom. The molecule has 0 aromatic heterocycles.